The Hall–Kier alpha value is -4.60. The van der Waals surface area contributed by atoms with Crippen LogP contribution in [0, 0.1) is 0 Å². The molecule has 6 aromatic rings. The van der Waals surface area contributed by atoms with E-state index in [1.807, 2.05) is 30.3 Å². The molecular formula is C28H14Cl2N4O5. The van der Waals surface area contributed by atoms with Gasteiger partial charge in [-0.1, -0.05) is 47.5 Å². The van der Waals surface area contributed by atoms with Crippen molar-refractivity contribution in [2.45, 2.75) is 5.92 Å². The molecule has 0 bridgehead atoms. The Morgan fingerprint density at radius 1 is 0.949 bits per heavy atom. The number of halogens is 2. The first-order chi connectivity index (χ1) is 19.1. The van der Waals surface area contributed by atoms with E-state index >= 15 is 0 Å². The lowest BCUT2D eigenvalue weighted by molar-refractivity contribution is 0.174. The van der Waals surface area contributed by atoms with Gasteiger partial charge in [-0.3, -0.25) is 0 Å². The van der Waals surface area contributed by atoms with E-state index in [9.17, 15) is 4.79 Å². The largest absolute Gasteiger partial charge is 0.454 e. The number of fused-ring (bicyclic) bond motifs is 7. The highest BCUT2D eigenvalue weighted by atomic mass is 35.5. The van der Waals surface area contributed by atoms with Gasteiger partial charge < -0.3 is 18.6 Å². The second-order valence-corrected chi connectivity index (χ2v) is 9.83. The monoisotopic (exact) mass is 556 g/mol. The summed E-state index contributed by atoms with van der Waals surface area (Å²) in [7, 11) is 0. The Kier molecular flexibility index (Phi) is 4.71. The van der Waals surface area contributed by atoms with Crippen molar-refractivity contribution < 1.29 is 18.6 Å². The molecule has 8 rings (SSSR count). The molecule has 0 saturated heterocycles. The second-order valence-electron chi connectivity index (χ2n) is 9.04. The first-order valence-corrected chi connectivity index (χ1v) is 12.6. The lowest BCUT2D eigenvalue weighted by atomic mass is 9.84. The molecule has 9 nitrogen and oxygen atoms in total. The van der Waals surface area contributed by atoms with Crippen molar-refractivity contribution in [2.24, 2.45) is 0 Å². The summed E-state index contributed by atoms with van der Waals surface area (Å²) < 4.78 is 24.5. The molecule has 1 atom stereocenters. The second kappa shape index (κ2) is 8.20. The molecule has 3 aromatic carbocycles. The van der Waals surface area contributed by atoms with Crippen molar-refractivity contribution in [3.8, 4) is 34.5 Å². The van der Waals surface area contributed by atoms with Gasteiger partial charge in [-0.05, 0) is 42.0 Å². The summed E-state index contributed by atoms with van der Waals surface area (Å²) in [5.41, 5.74) is 2.36. The lowest BCUT2D eigenvalue weighted by Gasteiger charge is -2.28. The highest BCUT2D eigenvalue weighted by molar-refractivity contribution is 6.42. The molecule has 5 heterocycles. The van der Waals surface area contributed by atoms with Gasteiger partial charge >= 0.3 is 5.63 Å². The molecule has 0 amide bonds. The zero-order chi connectivity index (χ0) is 26.2. The maximum atomic E-state index is 13.5. The highest BCUT2D eigenvalue weighted by Crippen LogP contribution is 2.50. The minimum absolute atomic E-state index is 0.158. The number of para-hydroxylation sites is 1. The number of benzene rings is 3. The van der Waals surface area contributed by atoms with E-state index in [4.69, 9.17) is 46.8 Å². The smallest absolute Gasteiger partial charge is 0.344 e. The van der Waals surface area contributed by atoms with Crippen molar-refractivity contribution in [3.63, 3.8) is 0 Å². The van der Waals surface area contributed by atoms with Crippen molar-refractivity contribution in [1.82, 2.24) is 19.6 Å². The fourth-order valence-electron chi connectivity index (χ4n) is 5.14. The van der Waals surface area contributed by atoms with Crippen LogP contribution in [0.3, 0.4) is 0 Å². The van der Waals surface area contributed by atoms with Crippen LogP contribution in [-0.2, 0) is 0 Å². The minimum atomic E-state index is -0.749. The zero-order valence-electron chi connectivity index (χ0n) is 19.7. The maximum Gasteiger partial charge on any atom is 0.344 e. The lowest BCUT2D eigenvalue weighted by Crippen LogP contribution is -2.22. The predicted molar refractivity (Wildman–Crippen MR) is 142 cm³/mol. The number of aromatic nitrogens is 4. The molecule has 3 aromatic heterocycles. The van der Waals surface area contributed by atoms with Crippen molar-refractivity contribution in [2.75, 3.05) is 6.79 Å². The number of hydrogen-bond acceptors (Lipinski definition) is 8. The summed E-state index contributed by atoms with van der Waals surface area (Å²) in [5.74, 6) is 1.56. The third-order valence-corrected chi connectivity index (χ3v) is 7.72. The van der Waals surface area contributed by atoms with Gasteiger partial charge in [0.25, 0.3) is 0 Å². The van der Waals surface area contributed by atoms with Gasteiger partial charge in [0.1, 0.15) is 11.9 Å². The molecule has 190 valence electrons. The quantitative estimate of drug-likeness (QED) is 0.231. The Labute approximate surface area is 229 Å². The first kappa shape index (κ1) is 22.4. The standard InChI is InChI=1S/C28H14Cl2N4O5/c29-16-6-3-5-15(23(16)30)20-21-24(14-4-1-2-7-17(14)38-28(21)35)39-27-22(20)26-32-25(33-34(26)11-31-27)13-8-9-18-19(10-13)37-12-36-18/h1-11,20H,12H2. The summed E-state index contributed by atoms with van der Waals surface area (Å²) in [4.78, 5) is 22.9. The van der Waals surface area contributed by atoms with Crippen molar-refractivity contribution in [3.05, 3.63) is 104 Å². The third kappa shape index (κ3) is 3.27. The summed E-state index contributed by atoms with van der Waals surface area (Å²) in [5, 5.41) is 5.92. The van der Waals surface area contributed by atoms with Crippen LogP contribution in [0.1, 0.15) is 22.6 Å². The molecule has 0 aliphatic carbocycles. The molecule has 0 N–H and O–H groups in total. The van der Waals surface area contributed by atoms with Gasteiger partial charge in [0.05, 0.1) is 32.5 Å². The molecule has 39 heavy (non-hydrogen) atoms. The van der Waals surface area contributed by atoms with Crippen LogP contribution >= 0.6 is 23.2 Å². The molecule has 2 aliphatic heterocycles. The van der Waals surface area contributed by atoms with Gasteiger partial charge in [0, 0.05) is 5.56 Å². The van der Waals surface area contributed by atoms with Gasteiger partial charge in [-0.2, -0.15) is 0 Å². The zero-order valence-corrected chi connectivity index (χ0v) is 21.2. The molecule has 0 fully saturated rings. The fraction of sp³-hybridized carbons (Fsp3) is 0.0714. The molecule has 11 heteroatoms. The van der Waals surface area contributed by atoms with E-state index in [0.29, 0.717) is 60.9 Å². The molecule has 0 radical (unpaired) electrons. The summed E-state index contributed by atoms with van der Waals surface area (Å²) in [6.45, 7) is 0.158. The molecule has 0 spiro atoms. The van der Waals surface area contributed by atoms with Gasteiger partial charge in [-0.15, -0.1) is 5.10 Å². The molecular weight excluding hydrogens is 543 g/mol. The fourth-order valence-corrected chi connectivity index (χ4v) is 5.56. The summed E-state index contributed by atoms with van der Waals surface area (Å²) in [6.07, 6.45) is 1.52. The van der Waals surface area contributed by atoms with E-state index in [1.165, 1.54) is 6.33 Å². The number of hydrogen-bond donors (Lipinski definition) is 0. The highest BCUT2D eigenvalue weighted by Gasteiger charge is 2.38. The number of ether oxygens (including phenoxy) is 3. The Balaban J connectivity index is 1.42. The van der Waals surface area contributed by atoms with E-state index in [-0.39, 0.29) is 18.2 Å². The minimum Gasteiger partial charge on any atom is -0.454 e. The van der Waals surface area contributed by atoms with Crippen molar-refractivity contribution >= 4 is 39.8 Å². The molecule has 0 saturated carbocycles. The third-order valence-electron chi connectivity index (χ3n) is 6.89. The summed E-state index contributed by atoms with van der Waals surface area (Å²) >= 11 is 13.2. The number of rotatable bonds is 2. The van der Waals surface area contributed by atoms with Crippen LogP contribution in [-0.4, -0.2) is 26.4 Å². The van der Waals surface area contributed by atoms with E-state index < -0.39 is 11.5 Å². The molecule has 1 unspecified atom stereocenters. The van der Waals surface area contributed by atoms with E-state index in [2.05, 4.69) is 10.1 Å². The van der Waals surface area contributed by atoms with Crippen LogP contribution < -0.4 is 19.8 Å². The van der Waals surface area contributed by atoms with E-state index in [0.717, 1.165) is 5.56 Å². The van der Waals surface area contributed by atoms with Crippen LogP contribution in [0.15, 0.2) is 76.2 Å². The maximum absolute atomic E-state index is 13.5. The Bertz CT molecular complexity index is 2050. The van der Waals surface area contributed by atoms with Crippen LogP contribution in [0.4, 0.5) is 0 Å². The van der Waals surface area contributed by atoms with Gasteiger partial charge in [-0.25, -0.2) is 19.3 Å². The topological polar surface area (TPSA) is 101 Å². The average molecular weight is 557 g/mol. The van der Waals surface area contributed by atoms with Crippen LogP contribution in [0.25, 0.3) is 28.0 Å². The van der Waals surface area contributed by atoms with Crippen LogP contribution in [0.2, 0.25) is 10.0 Å². The Morgan fingerprint density at radius 3 is 2.74 bits per heavy atom. The van der Waals surface area contributed by atoms with E-state index in [1.54, 1.807) is 34.8 Å². The normalized spacial score (nSPS) is 15.3. The van der Waals surface area contributed by atoms with Gasteiger partial charge in [0.2, 0.25) is 12.7 Å². The van der Waals surface area contributed by atoms with Crippen molar-refractivity contribution in [1.29, 1.82) is 0 Å². The number of nitrogens with zero attached hydrogens (tertiary/aromatic N) is 4. The SMILES string of the molecule is O=c1oc2ccccc2c2c1C(c1cccc(Cl)c1Cl)c1c(ncn3nc(-c4ccc5c(c4)OCO5)nc13)O2. The average Bonchev–Trinajstić information content (AvgIpc) is 3.60. The predicted octanol–water partition coefficient (Wildman–Crippen LogP) is 6.22. The summed E-state index contributed by atoms with van der Waals surface area (Å²) in [6, 6.07) is 17.9. The Morgan fingerprint density at radius 2 is 1.82 bits per heavy atom. The van der Waals surface area contributed by atoms with Gasteiger partial charge in [0.15, 0.2) is 28.7 Å². The van der Waals surface area contributed by atoms with Crippen LogP contribution in [0.5, 0.6) is 23.1 Å². The first-order valence-electron chi connectivity index (χ1n) is 11.9. The molecule has 2 aliphatic rings.